The molecule has 0 rings (SSSR count). The van der Waals surface area contributed by atoms with Crippen molar-refractivity contribution in [3.63, 3.8) is 0 Å². The predicted molar refractivity (Wildman–Crippen MR) is 45.9 cm³/mol. The summed E-state index contributed by atoms with van der Waals surface area (Å²) < 4.78 is 4.65. The third-order valence-corrected chi connectivity index (χ3v) is 1.31. The van der Waals surface area contributed by atoms with Gasteiger partial charge in [0.15, 0.2) is 0 Å². The molecule has 0 N–H and O–H groups in total. The molecule has 0 aromatic rings. The molecule has 64 valence electrons. The van der Waals surface area contributed by atoms with Crippen LogP contribution in [0.4, 0.5) is 0 Å². The molecule has 0 aliphatic carbocycles. The first-order valence-electron chi connectivity index (χ1n) is 3.13. The van der Waals surface area contributed by atoms with Gasteiger partial charge in [0.05, 0.1) is 6.61 Å². The van der Waals surface area contributed by atoms with Crippen molar-refractivity contribution in [2.45, 2.75) is 18.2 Å². The molecule has 0 aromatic heterocycles. The van der Waals surface area contributed by atoms with Crippen LogP contribution in [0.5, 0.6) is 0 Å². The summed E-state index contributed by atoms with van der Waals surface area (Å²) in [5.74, 6) is -0.602. The lowest BCUT2D eigenvalue weighted by molar-refractivity contribution is -0.141. The molecule has 0 heterocycles. The maximum absolute atomic E-state index is 10.6. The van der Waals surface area contributed by atoms with Gasteiger partial charge in [0.25, 0.3) is 0 Å². The van der Waals surface area contributed by atoms with Crippen molar-refractivity contribution in [2.24, 2.45) is 0 Å². The van der Waals surface area contributed by atoms with Gasteiger partial charge >= 0.3 is 5.97 Å². The molecule has 0 saturated heterocycles. The molecule has 0 fully saturated rings. The average Bonchev–Trinajstić information content (AvgIpc) is 1.86. The van der Waals surface area contributed by atoms with Crippen LogP contribution in [-0.4, -0.2) is 17.4 Å². The Morgan fingerprint density at radius 1 is 1.64 bits per heavy atom. The second-order valence-corrected chi connectivity index (χ2v) is 3.27. The van der Waals surface area contributed by atoms with E-state index in [1.807, 2.05) is 6.92 Å². The lowest BCUT2D eigenvalue weighted by Crippen LogP contribution is -2.13. The SMILES string of the molecule is C=C(C)CCOC(=O)C(Cl)Cl. The highest BCUT2D eigenvalue weighted by atomic mass is 35.5. The fraction of sp³-hybridized carbons (Fsp3) is 0.571. The first-order chi connectivity index (χ1) is 5.04. The summed E-state index contributed by atoms with van der Waals surface area (Å²) in [6, 6.07) is 0. The molecule has 0 saturated carbocycles. The molecule has 11 heavy (non-hydrogen) atoms. The molecule has 0 aromatic carbocycles. The van der Waals surface area contributed by atoms with Crippen LogP contribution in [-0.2, 0) is 9.53 Å². The van der Waals surface area contributed by atoms with Gasteiger partial charge in [-0.05, 0) is 6.92 Å². The van der Waals surface area contributed by atoms with Crippen molar-refractivity contribution in [1.82, 2.24) is 0 Å². The molecule has 0 aliphatic rings. The lowest BCUT2D eigenvalue weighted by Gasteiger charge is -2.03. The quantitative estimate of drug-likeness (QED) is 0.392. The third kappa shape index (κ3) is 6.20. The number of alkyl halides is 2. The largest absolute Gasteiger partial charge is 0.463 e. The monoisotopic (exact) mass is 196 g/mol. The molecular formula is C7H10Cl2O2. The summed E-state index contributed by atoms with van der Waals surface area (Å²) in [4.78, 5) is 9.53. The molecule has 0 aliphatic heterocycles. The van der Waals surface area contributed by atoms with E-state index in [0.29, 0.717) is 13.0 Å². The Balaban J connectivity index is 3.39. The van der Waals surface area contributed by atoms with E-state index in [9.17, 15) is 4.79 Å². The van der Waals surface area contributed by atoms with E-state index in [-0.39, 0.29) is 0 Å². The summed E-state index contributed by atoms with van der Waals surface area (Å²) in [7, 11) is 0. The molecule has 0 unspecified atom stereocenters. The fourth-order valence-corrected chi connectivity index (χ4v) is 0.515. The van der Waals surface area contributed by atoms with E-state index < -0.39 is 10.8 Å². The first-order valence-corrected chi connectivity index (χ1v) is 4.00. The molecule has 4 heteroatoms. The summed E-state index contributed by atoms with van der Waals surface area (Å²) in [6.07, 6.45) is 0.645. The van der Waals surface area contributed by atoms with Gasteiger partial charge < -0.3 is 4.74 Å². The molecule has 0 bridgehead atoms. The van der Waals surface area contributed by atoms with Crippen LogP contribution in [0, 0.1) is 0 Å². The summed E-state index contributed by atoms with van der Waals surface area (Å²) in [6.45, 7) is 5.79. The number of carbonyl (C=O) groups excluding carboxylic acids is 1. The maximum atomic E-state index is 10.6. The average molecular weight is 197 g/mol. The van der Waals surface area contributed by atoms with Crippen LogP contribution in [0.15, 0.2) is 12.2 Å². The molecular weight excluding hydrogens is 187 g/mol. The van der Waals surface area contributed by atoms with Crippen LogP contribution in [0.3, 0.4) is 0 Å². The normalized spacial score (nSPS) is 9.82. The minimum atomic E-state index is -1.08. The molecule has 0 atom stereocenters. The second-order valence-electron chi connectivity index (χ2n) is 2.18. The highest BCUT2D eigenvalue weighted by Crippen LogP contribution is 2.05. The fourth-order valence-electron chi connectivity index (χ4n) is 0.389. The van der Waals surface area contributed by atoms with Crippen molar-refractivity contribution in [2.75, 3.05) is 6.61 Å². The Kier molecular flexibility index (Phi) is 5.34. The standard InChI is InChI=1S/C7H10Cl2O2/c1-5(2)3-4-11-7(10)6(8)9/h6H,1,3-4H2,2H3. The zero-order valence-electron chi connectivity index (χ0n) is 6.27. The van der Waals surface area contributed by atoms with Crippen molar-refractivity contribution in [1.29, 1.82) is 0 Å². The van der Waals surface area contributed by atoms with E-state index in [2.05, 4.69) is 11.3 Å². The Morgan fingerprint density at radius 2 is 2.18 bits per heavy atom. The van der Waals surface area contributed by atoms with E-state index in [0.717, 1.165) is 5.57 Å². The lowest BCUT2D eigenvalue weighted by atomic mass is 10.3. The van der Waals surface area contributed by atoms with E-state index in [4.69, 9.17) is 23.2 Å². The van der Waals surface area contributed by atoms with E-state index in [1.54, 1.807) is 0 Å². The van der Waals surface area contributed by atoms with Crippen LogP contribution >= 0.6 is 23.2 Å². The predicted octanol–water partition coefficient (Wildman–Crippen LogP) is 2.30. The second kappa shape index (κ2) is 5.44. The number of halogens is 2. The number of hydrogen-bond donors (Lipinski definition) is 0. The van der Waals surface area contributed by atoms with Crippen molar-refractivity contribution >= 4 is 29.2 Å². The first kappa shape index (κ1) is 10.8. The van der Waals surface area contributed by atoms with Gasteiger partial charge in [-0.2, -0.15) is 0 Å². The Labute approximate surface area is 76.1 Å². The summed E-state index contributed by atoms with van der Waals surface area (Å²) >= 11 is 10.4. The highest BCUT2D eigenvalue weighted by Gasteiger charge is 2.11. The topological polar surface area (TPSA) is 26.3 Å². The zero-order valence-corrected chi connectivity index (χ0v) is 7.78. The van der Waals surface area contributed by atoms with Crippen LogP contribution in [0.25, 0.3) is 0 Å². The van der Waals surface area contributed by atoms with Crippen LogP contribution < -0.4 is 0 Å². The van der Waals surface area contributed by atoms with Gasteiger partial charge in [-0.1, -0.05) is 28.8 Å². The van der Waals surface area contributed by atoms with Gasteiger partial charge in [-0.15, -0.1) is 6.58 Å². The highest BCUT2D eigenvalue weighted by molar-refractivity contribution is 6.52. The van der Waals surface area contributed by atoms with Crippen molar-refractivity contribution in [3.05, 3.63) is 12.2 Å². The molecule has 0 amide bonds. The number of esters is 1. The zero-order chi connectivity index (χ0) is 8.85. The summed E-state index contributed by atoms with van der Waals surface area (Å²) in [5.41, 5.74) is 0.957. The molecule has 2 nitrogen and oxygen atoms in total. The van der Waals surface area contributed by atoms with Crippen molar-refractivity contribution < 1.29 is 9.53 Å². The maximum Gasteiger partial charge on any atom is 0.339 e. The van der Waals surface area contributed by atoms with Gasteiger partial charge in [-0.3, -0.25) is 0 Å². The molecule has 0 radical (unpaired) electrons. The van der Waals surface area contributed by atoms with Crippen LogP contribution in [0.2, 0.25) is 0 Å². The Morgan fingerprint density at radius 3 is 2.55 bits per heavy atom. The van der Waals surface area contributed by atoms with Crippen LogP contribution in [0.1, 0.15) is 13.3 Å². The summed E-state index contributed by atoms with van der Waals surface area (Å²) in [5, 5.41) is 0. The van der Waals surface area contributed by atoms with Crippen molar-refractivity contribution in [3.8, 4) is 0 Å². The van der Waals surface area contributed by atoms with E-state index >= 15 is 0 Å². The van der Waals surface area contributed by atoms with Gasteiger partial charge in [-0.25, -0.2) is 4.79 Å². The Bertz CT molecular complexity index is 155. The number of ether oxygens (including phenoxy) is 1. The molecule has 0 spiro atoms. The number of hydrogen-bond acceptors (Lipinski definition) is 2. The van der Waals surface area contributed by atoms with Gasteiger partial charge in [0, 0.05) is 6.42 Å². The number of rotatable bonds is 4. The minimum Gasteiger partial charge on any atom is -0.463 e. The minimum absolute atomic E-state index is 0.296. The van der Waals surface area contributed by atoms with Gasteiger partial charge in [0.2, 0.25) is 4.84 Å². The smallest absolute Gasteiger partial charge is 0.339 e. The third-order valence-electron chi connectivity index (χ3n) is 0.951. The van der Waals surface area contributed by atoms with E-state index in [1.165, 1.54) is 0 Å². The number of carbonyl (C=O) groups is 1. The Hall–Kier alpha value is -0.210. The van der Waals surface area contributed by atoms with Gasteiger partial charge in [0.1, 0.15) is 0 Å².